The van der Waals surface area contributed by atoms with Crippen LogP contribution in [0.2, 0.25) is 0 Å². The smallest absolute Gasteiger partial charge is 0.390 e. The topological polar surface area (TPSA) is 139 Å². The number of nitrogens with one attached hydrogen (secondary N) is 1. The Kier molecular flexibility index (Phi) is 3.54. The van der Waals surface area contributed by atoms with Crippen molar-refractivity contribution < 1.29 is 9.72 Å². The first-order valence-corrected chi connectivity index (χ1v) is 6.39. The normalized spacial score (nSPS) is 10.7. The SMILES string of the molecule is Cn1ccc(NC(=O)c2ccn(Cn3cnc([N+](=O)[O-])n3)n2)n1. The Morgan fingerprint density at radius 3 is 2.74 bits per heavy atom. The van der Waals surface area contributed by atoms with Crippen LogP contribution in [0.3, 0.4) is 0 Å². The van der Waals surface area contributed by atoms with Gasteiger partial charge in [-0.25, -0.2) is 4.68 Å². The quantitative estimate of drug-likeness (QED) is 0.511. The molecule has 0 saturated carbocycles. The predicted octanol–water partition coefficient (Wildman–Crippen LogP) is -0.126. The van der Waals surface area contributed by atoms with Gasteiger partial charge in [0, 0.05) is 30.6 Å². The zero-order chi connectivity index (χ0) is 16.4. The molecular weight excluding hydrogens is 306 g/mol. The van der Waals surface area contributed by atoms with Crippen molar-refractivity contribution in [2.45, 2.75) is 6.67 Å². The van der Waals surface area contributed by atoms with E-state index in [2.05, 4.69) is 25.6 Å². The van der Waals surface area contributed by atoms with Gasteiger partial charge in [-0.2, -0.15) is 14.9 Å². The Balaban J connectivity index is 1.67. The van der Waals surface area contributed by atoms with Crippen LogP contribution < -0.4 is 5.32 Å². The third-order valence-electron chi connectivity index (χ3n) is 2.81. The summed E-state index contributed by atoms with van der Waals surface area (Å²) >= 11 is 0. The molecular formula is C11H11N9O3. The number of nitro groups is 1. The summed E-state index contributed by atoms with van der Waals surface area (Å²) in [5.41, 5.74) is 0.185. The maximum Gasteiger partial charge on any atom is 0.491 e. The molecule has 0 saturated heterocycles. The number of hydrogen-bond acceptors (Lipinski definition) is 7. The molecule has 23 heavy (non-hydrogen) atoms. The zero-order valence-corrected chi connectivity index (χ0v) is 11.9. The van der Waals surface area contributed by atoms with E-state index in [4.69, 9.17) is 0 Å². The van der Waals surface area contributed by atoms with Crippen LogP contribution in [0, 0.1) is 10.1 Å². The van der Waals surface area contributed by atoms with Crippen molar-refractivity contribution in [3.05, 3.63) is 46.7 Å². The fourth-order valence-corrected chi connectivity index (χ4v) is 1.81. The van der Waals surface area contributed by atoms with E-state index in [1.54, 1.807) is 30.2 Å². The van der Waals surface area contributed by atoms with Crippen molar-refractivity contribution in [3.63, 3.8) is 0 Å². The highest BCUT2D eigenvalue weighted by Crippen LogP contribution is 2.05. The number of aryl methyl sites for hydroxylation is 1. The molecule has 0 bridgehead atoms. The Bertz CT molecular complexity index is 862. The Morgan fingerprint density at radius 2 is 2.09 bits per heavy atom. The molecule has 12 nitrogen and oxygen atoms in total. The first-order valence-electron chi connectivity index (χ1n) is 6.39. The number of anilines is 1. The second kappa shape index (κ2) is 5.67. The molecule has 0 atom stereocenters. The lowest BCUT2D eigenvalue weighted by Gasteiger charge is -1.99. The fourth-order valence-electron chi connectivity index (χ4n) is 1.81. The number of rotatable bonds is 5. The Morgan fingerprint density at radius 1 is 1.26 bits per heavy atom. The molecule has 118 valence electrons. The van der Waals surface area contributed by atoms with Crippen molar-refractivity contribution in [3.8, 4) is 0 Å². The molecule has 0 aromatic carbocycles. The minimum Gasteiger partial charge on any atom is -0.390 e. The van der Waals surface area contributed by atoms with Gasteiger partial charge in [0.1, 0.15) is 0 Å². The average Bonchev–Trinajstić information content (AvgIpc) is 3.21. The summed E-state index contributed by atoms with van der Waals surface area (Å²) in [4.78, 5) is 25.4. The van der Waals surface area contributed by atoms with E-state index < -0.39 is 16.8 Å². The van der Waals surface area contributed by atoms with E-state index in [-0.39, 0.29) is 12.4 Å². The maximum atomic E-state index is 12.0. The summed E-state index contributed by atoms with van der Waals surface area (Å²) in [6, 6.07) is 3.17. The van der Waals surface area contributed by atoms with E-state index >= 15 is 0 Å². The molecule has 0 spiro atoms. The highest BCUT2D eigenvalue weighted by Gasteiger charge is 2.15. The van der Waals surface area contributed by atoms with Crippen molar-refractivity contribution in [1.29, 1.82) is 0 Å². The summed E-state index contributed by atoms with van der Waals surface area (Å²) in [5, 5.41) is 24.9. The van der Waals surface area contributed by atoms with Gasteiger partial charge in [0.05, 0.1) is 0 Å². The van der Waals surface area contributed by atoms with E-state index in [1.807, 2.05) is 0 Å². The van der Waals surface area contributed by atoms with E-state index in [0.717, 1.165) is 0 Å². The number of amides is 1. The van der Waals surface area contributed by atoms with Gasteiger partial charge in [-0.15, -0.1) is 0 Å². The Hall–Kier alpha value is -3.57. The number of carbonyl (C=O) groups excluding carboxylic acids is 1. The Labute approximate surface area is 128 Å². The van der Waals surface area contributed by atoms with Gasteiger partial charge in [-0.1, -0.05) is 4.98 Å². The molecule has 3 rings (SSSR count). The molecule has 1 N–H and O–H groups in total. The molecule has 3 aromatic heterocycles. The molecule has 0 aliphatic heterocycles. The predicted molar refractivity (Wildman–Crippen MR) is 75.5 cm³/mol. The standard InChI is InChI=1S/C11H11N9O3/c1-17-4-3-9(15-17)13-10(21)8-2-5-18(14-8)7-19-6-12-11(16-19)20(22)23/h2-6H,7H2,1H3,(H,13,15,21). The minimum absolute atomic E-state index is 0.0949. The van der Waals surface area contributed by atoms with Crippen LogP contribution in [0.15, 0.2) is 30.9 Å². The van der Waals surface area contributed by atoms with Crippen LogP contribution in [-0.2, 0) is 13.7 Å². The monoisotopic (exact) mass is 317 g/mol. The highest BCUT2D eigenvalue weighted by molar-refractivity contribution is 6.02. The van der Waals surface area contributed by atoms with Crippen molar-refractivity contribution in [2.24, 2.45) is 7.05 Å². The lowest BCUT2D eigenvalue weighted by atomic mass is 10.4. The lowest BCUT2D eigenvalue weighted by Crippen LogP contribution is -2.15. The fraction of sp³-hybridized carbons (Fsp3) is 0.182. The molecule has 0 aliphatic carbocycles. The van der Waals surface area contributed by atoms with Crippen LogP contribution in [0.1, 0.15) is 10.5 Å². The molecule has 0 fully saturated rings. The van der Waals surface area contributed by atoms with Crippen molar-refractivity contribution in [1.82, 2.24) is 34.3 Å². The van der Waals surface area contributed by atoms with Gasteiger partial charge in [-0.05, 0) is 11.0 Å². The number of carbonyl (C=O) groups is 1. The molecule has 0 aliphatic rings. The van der Waals surface area contributed by atoms with E-state index in [9.17, 15) is 14.9 Å². The second-order valence-corrected chi connectivity index (χ2v) is 4.55. The van der Waals surface area contributed by atoms with Gasteiger partial charge in [0.25, 0.3) is 5.91 Å². The maximum absolute atomic E-state index is 12.0. The van der Waals surface area contributed by atoms with Crippen molar-refractivity contribution in [2.75, 3.05) is 5.32 Å². The van der Waals surface area contributed by atoms with Gasteiger partial charge in [0.2, 0.25) is 6.33 Å². The first-order chi connectivity index (χ1) is 11.0. The largest absolute Gasteiger partial charge is 0.491 e. The molecule has 12 heteroatoms. The number of aromatic nitrogens is 7. The summed E-state index contributed by atoms with van der Waals surface area (Å²) < 4.78 is 4.21. The van der Waals surface area contributed by atoms with Crippen LogP contribution in [-0.4, -0.2) is 45.2 Å². The van der Waals surface area contributed by atoms with Gasteiger partial charge < -0.3 is 15.4 Å². The molecule has 0 unspecified atom stereocenters. The summed E-state index contributed by atoms with van der Waals surface area (Å²) in [6.45, 7) is 0.0949. The highest BCUT2D eigenvalue weighted by atomic mass is 16.6. The average molecular weight is 317 g/mol. The minimum atomic E-state index is -0.689. The first kappa shape index (κ1) is 14.4. The van der Waals surface area contributed by atoms with E-state index in [1.165, 1.54) is 21.8 Å². The van der Waals surface area contributed by atoms with E-state index in [0.29, 0.717) is 5.82 Å². The van der Waals surface area contributed by atoms with Gasteiger partial charge >= 0.3 is 5.95 Å². The molecule has 3 aromatic rings. The summed E-state index contributed by atoms with van der Waals surface area (Å²) in [5.74, 6) is -0.490. The molecule has 0 radical (unpaired) electrons. The second-order valence-electron chi connectivity index (χ2n) is 4.55. The molecule has 3 heterocycles. The number of nitrogens with zero attached hydrogens (tertiary/aromatic N) is 8. The third-order valence-corrected chi connectivity index (χ3v) is 2.81. The van der Waals surface area contributed by atoms with Gasteiger partial charge in [-0.3, -0.25) is 9.48 Å². The lowest BCUT2D eigenvalue weighted by molar-refractivity contribution is -0.394. The van der Waals surface area contributed by atoms with Crippen LogP contribution >= 0.6 is 0 Å². The number of hydrogen-bond donors (Lipinski definition) is 1. The zero-order valence-electron chi connectivity index (χ0n) is 11.9. The van der Waals surface area contributed by atoms with Crippen molar-refractivity contribution >= 4 is 17.7 Å². The van der Waals surface area contributed by atoms with Crippen LogP contribution in [0.25, 0.3) is 0 Å². The van der Waals surface area contributed by atoms with Crippen LogP contribution in [0.4, 0.5) is 11.8 Å². The summed E-state index contributed by atoms with van der Waals surface area (Å²) in [6.07, 6.45) is 4.47. The van der Waals surface area contributed by atoms with Gasteiger partial charge in [0.15, 0.2) is 18.2 Å². The summed E-state index contributed by atoms with van der Waals surface area (Å²) in [7, 11) is 1.74. The molecule has 1 amide bonds. The third kappa shape index (κ3) is 3.20. The van der Waals surface area contributed by atoms with Crippen LogP contribution in [0.5, 0.6) is 0 Å².